The second-order valence-electron chi connectivity index (χ2n) is 6.86. The van der Waals surface area contributed by atoms with Crippen molar-refractivity contribution in [3.8, 4) is 17.1 Å². The summed E-state index contributed by atoms with van der Waals surface area (Å²) in [5.74, 6) is 1.07. The molecule has 1 amide bonds. The number of nitrogens with one attached hydrogen (secondary N) is 1. The Bertz CT molecular complexity index is 932. The van der Waals surface area contributed by atoms with Gasteiger partial charge in [-0.2, -0.15) is 0 Å². The lowest BCUT2D eigenvalue weighted by molar-refractivity contribution is -0.119. The van der Waals surface area contributed by atoms with Gasteiger partial charge in [0.1, 0.15) is 0 Å². The Morgan fingerprint density at radius 1 is 1.07 bits per heavy atom. The van der Waals surface area contributed by atoms with Gasteiger partial charge in [0.25, 0.3) is 0 Å². The summed E-state index contributed by atoms with van der Waals surface area (Å²) in [5, 5.41) is 12.4. The van der Waals surface area contributed by atoms with Gasteiger partial charge >= 0.3 is 0 Å². The van der Waals surface area contributed by atoms with Gasteiger partial charge in [-0.15, -0.1) is 10.2 Å². The van der Waals surface area contributed by atoms with E-state index < -0.39 is 0 Å². The number of amides is 1. The van der Waals surface area contributed by atoms with Gasteiger partial charge in [0.15, 0.2) is 11.0 Å². The third kappa shape index (κ3) is 4.77. The normalized spacial score (nSPS) is 11.0. The van der Waals surface area contributed by atoms with E-state index in [0.717, 1.165) is 22.6 Å². The molecule has 140 valence electrons. The highest BCUT2D eigenvalue weighted by atomic mass is 32.2. The summed E-state index contributed by atoms with van der Waals surface area (Å²) in [5.41, 5.74) is 4.33. The number of carbonyl (C=O) groups excluding carboxylic acids is 1. The number of nitrogens with zero attached hydrogens (tertiary/aromatic N) is 3. The van der Waals surface area contributed by atoms with Crippen LogP contribution >= 0.6 is 11.8 Å². The molecule has 0 aliphatic rings. The summed E-state index contributed by atoms with van der Waals surface area (Å²) in [6, 6.07) is 16.5. The number of aromatic nitrogens is 3. The fourth-order valence-electron chi connectivity index (χ4n) is 2.75. The molecule has 0 unspecified atom stereocenters. The molecule has 0 saturated heterocycles. The van der Waals surface area contributed by atoms with Gasteiger partial charge in [0.2, 0.25) is 5.91 Å². The monoisotopic (exact) mass is 380 g/mol. The minimum atomic E-state index is -0.00874. The van der Waals surface area contributed by atoms with Crippen molar-refractivity contribution in [3.05, 3.63) is 59.7 Å². The number of thioether (sulfide) groups is 1. The first kappa shape index (κ1) is 19.2. The third-order valence-electron chi connectivity index (χ3n) is 3.98. The number of aryl methyl sites for hydroxylation is 2. The Labute approximate surface area is 164 Å². The fraction of sp³-hybridized carbons (Fsp3) is 0.286. The summed E-state index contributed by atoms with van der Waals surface area (Å²) in [7, 11) is 0. The molecule has 0 fully saturated rings. The van der Waals surface area contributed by atoms with Crippen LogP contribution in [0.1, 0.15) is 25.0 Å². The SMILES string of the molecule is Cc1ccc(-n2c(SCC(=O)NC(C)C)nnc2-c2cccc(C)c2)cc1. The Balaban J connectivity index is 1.98. The van der Waals surface area contributed by atoms with Crippen LogP contribution in [0.4, 0.5) is 0 Å². The molecule has 6 heteroatoms. The van der Waals surface area contributed by atoms with Crippen molar-refractivity contribution < 1.29 is 4.79 Å². The number of rotatable bonds is 6. The largest absolute Gasteiger partial charge is 0.353 e. The maximum atomic E-state index is 12.1. The minimum Gasteiger partial charge on any atom is -0.353 e. The van der Waals surface area contributed by atoms with Crippen molar-refractivity contribution >= 4 is 17.7 Å². The van der Waals surface area contributed by atoms with Crippen molar-refractivity contribution in [2.24, 2.45) is 0 Å². The predicted molar refractivity (Wildman–Crippen MR) is 110 cm³/mol. The van der Waals surface area contributed by atoms with Gasteiger partial charge in [-0.3, -0.25) is 9.36 Å². The molecule has 0 aliphatic carbocycles. The van der Waals surface area contributed by atoms with Crippen LogP contribution in [0.2, 0.25) is 0 Å². The lowest BCUT2D eigenvalue weighted by Gasteiger charge is -2.12. The van der Waals surface area contributed by atoms with Crippen LogP contribution in [-0.2, 0) is 4.79 Å². The van der Waals surface area contributed by atoms with Crippen LogP contribution in [0.3, 0.4) is 0 Å². The molecule has 1 heterocycles. The minimum absolute atomic E-state index is 0.00874. The second kappa shape index (κ2) is 8.39. The van der Waals surface area contributed by atoms with E-state index in [1.165, 1.54) is 17.3 Å². The van der Waals surface area contributed by atoms with E-state index >= 15 is 0 Å². The molecule has 0 bridgehead atoms. The molecule has 1 N–H and O–H groups in total. The Kier molecular flexibility index (Phi) is 5.96. The maximum Gasteiger partial charge on any atom is 0.230 e. The molecule has 1 aromatic heterocycles. The van der Waals surface area contributed by atoms with Gasteiger partial charge in [-0.1, -0.05) is 53.2 Å². The molecule has 5 nitrogen and oxygen atoms in total. The highest BCUT2D eigenvalue weighted by molar-refractivity contribution is 7.99. The van der Waals surface area contributed by atoms with Crippen LogP contribution in [0, 0.1) is 13.8 Å². The predicted octanol–water partition coefficient (Wildman–Crippen LogP) is 4.17. The standard InChI is InChI=1S/C21H24N4OS/c1-14(2)22-19(26)13-27-21-24-23-20(17-7-5-6-16(4)12-17)25(21)18-10-8-15(3)9-11-18/h5-12,14H,13H2,1-4H3,(H,22,26). The third-order valence-corrected chi connectivity index (χ3v) is 4.91. The zero-order chi connectivity index (χ0) is 19.4. The fourth-order valence-corrected chi connectivity index (χ4v) is 3.52. The van der Waals surface area contributed by atoms with Crippen LogP contribution < -0.4 is 5.32 Å². The molecule has 0 radical (unpaired) electrons. The molecular formula is C21H24N4OS. The molecule has 27 heavy (non-hydrogen) atoms. The molecular weight excluding hydrogens is 356 g/mol. The molecule has 0 saturated carbocycles. The van der Waals surface area contributed by atoms with Gasteiger partial charge in [-0.25, -0.2) is 0 Å². The van der Waals surface area contributed by atoms with E-state index in [1.54, 1.807) is 0 Å². The van der Waals surface area contributed by atoms with Gasteiger partial charge in [0, 0.05) is 17.3 Å². The van der Waals surface area contributed by atoms with Crippen LogP contribution in [0.25, 0.3) is 17.1 Å². The zero-order valence-electron chi connectivity index (χ0n) is 16.1. The molecule has 2 aromatic carbocycles. The Hall–Kier alpha value is -2.60. The van der Waals surface area contributed by atoms with Gasteiger partial charge < -0.3 is 5.32 Å². The first-order chi connectivity index (χ1) is 12.9. The van der Waals surface area contributed by atoms with Crippen molar-refractivity contribution in [2.75, 3.05) is 5.75 Å². The second-order valence-corrected chi connectivity index (χ2v) is 7.80. The van der Waals surface area contributed by atoms with Gasteiger partial charge in [-0.05, 0) is 45.9 Å². The van der Waals surface area contributed by atoms with E-state index in [-0.39, 0.29) is 11.9 Å². The molecule has 3 rings (SSSR count). The van der Waals surface area contributed by atoms with Crippen molar-refractivity contribution in [1.29, 1.82) is 0 Å². The quantitative estimate of drug-likeness (QED) is 0.652. The first-order valence-corrected chi connectivity index (χ1v) is 9.94. The van der Waals surface area contributed by atoms with E-state index in [2.05, 4.69) is 65.8 Å². The van der Waals surface area contributed by atoms with E-state index in [0.29, 0.717) is 10.9 Å². The van der Waals surface area contributed by atoms with E-state index in [9.17, 15) is 4.79 Å². The molecule has 0 aliphatic heterocycles. The maximum absolute atomic E-state index is 12.1. The topological polar surface area (TPSA) is 59.8 Å². The van der Waals surface area contributed by atoms with E-state index in [1.807, 2.05) is 30.5 Å². The summed E-state index contributed by atoms with van der Waals surface area (Å²) < 4.78 is 2.02. The number of benzene rings is 2. The highest BCUT2D eigenvalue weighted by Crippen LogP contribution is 2.28. The van der Waals surface area contributed by atoms with Crippen LogP contribution in [0.5, 0.6) is 0 Å². The smallest absolute Gasteiger partial charge is 0.230 e. The summed E-state index contributed by atoms with van der Waals surface area (Å²) >= 11 is 1.39. The summed E-state index contributed by atoms with van der Waals surface area (Å²) in [6.45, 7) is 8.02. The Morgan fingerprint density at radius 2 is 1.81 bits per heavy atom. The Morgan fingerprint density at radius 3 is 2.48 bits per heavy atom. The van der Waals surface area contributed by atoms with Crippen molar-refractivity contribution in [2.45, 2.75) is 38.9 Å². The lowest BCUT2D eigenvalue weighted by atomic mass is 10.1. The number of hydrogen-bond acceptors (Lipinski definition) is 4. The summed E-state index contributed by atoms with van der Waals surface area (Å²) in [4.78, 5) is 12.1. The summed E-state index contributed by atoms with van der Waals surface area (Å²) in [6.07, 6.45) is 0. The first-order valence-electron chi connectivity index (χ1n) is 8.95. The number of hydrogen-bond donors (Lipinski definition) is 1. The highest BCUT2D eigenvalue weighted by Gasteiger charge is 2.17. The lowest BCUT2D eigenvalue weighted by Crippen LogP contribution is -2.31. The number of carbonyl (C=O) groups is 1. The van der Waals surface area contributed by atoms with E-state index in [4.69, 9.17) is 0 Å². The van der Waals surface area contributed by atoms with Crippen LogP contribution in [-0.4, -0.2) is 32.5 Å². The van der Waals surface area contributed by atoms with Crippen molar-refractivity contribution in [1.82, 2.24) is 20.1 Å². The molecule has 3 aromatic rings. The van der Waals surface area contributed by atoms with Crippen LogP contribution in [0.15, 0.2) is 53.7 Å². The molecule has 0 atom stereocenters. The zero-order valence-corrected chi connectivity index (χ0v) is 16.9. The van der Waals surface area contributed by atoms with Gasteiger partial charge in [0.05, 0.1) is 5.75 Å². The molecule has 0 spiro atoms. The average Bonchev–Trinajstić information content (AvgIpc) is 3.04. The van der Waals surface area contributed by atoms with Crippen molar-refractivity contribution in [3.63, 3.8) is 0 Å². The average molecular weight is 381 g/mol.